The number of thioether (sulfide) groups is 1. The molecule has 8 nitrogen and oxygen atoms in total. The zero-order valence-corrected chi connectivity index (χ0v) is 21.8. The van der Waals surface area contributed by atoms with Gasteiger partial charge in [0.05, 0.1) is 16.8 Å². The average molecular weight is 497 g/mol. The lowest BCUT2D eigenvalue weighted by atomic mass is 9.97. The molecule has 0 N–H and O–H groups in total. The lowest BCUT2D eigenvalue weighted by Gasteiger charge is -2.39. The van der Waals surface area contributed by atoms with Gasteiger partial charge in [0.25, 0.3) is 0 Å². The van der Waals surface area contributed by atoms with Crippen LogP contribution in [0.4, 0.5) is 0 Å². The number of hydrogen-bond donors (Lipinski definition) is 0. The summed E-state index contributed by atoms with van der Waals surface area (Å²) in [6, 6.07) is 8.88. The number of benzene rings is 1. The molecule has 0 bridgehead atoms. The summed E-state index contributed by atoms with van der Waals surface area (Å²) in [6.07, 6.45) is 7.65. The zero-order valence-electron chi connectivity index (χ0n) is 21.0. The zero-order chi connectivity index (χ0) is 24.5. The highest BCUT2D eigenvalue weighted by atomic mass is 32.2. The van der Waals surface area contributed by atoms with Crippen LogP contribution in [-0.4, -0.2) is 71.2 Å². The van der Waals surface area contributed by atoms with Crippen molar-refractivity contribution in [2.75, 3.05) is 12.3 Å². The molecule has 2 aliphatic heterocycles. The van der Waals surface area contributed by atoms with E-state index >= 15 is 0 Å². The normalized spacial score (nSPS) is 23.3. The summed E-state index contributed by atoms with van der Waals surface area (Å²) in [6.45, 7) is 7.53. The molecule has 188 valence electrons. The van der Waals surface area contributed by atoms with Crippen molar-refractivity contribution >= 4 is 40.4 Å². The van der Waals surface area contributed by atoms with Crippen molar-refractivity contribution in [3.05, 3.63) is 24.3 Å². The van der Waals surface area contributed by atoms with Crippen molar-refractivity contribution in [2.24, 2.45) is 0 Å². The SMILES string of the molecule is CC[C@@H]1CCCCN1C(=O)CSc1nnc2n(CC(=O)N3[C@@H](C)CCC[C@@H]3C)c3ccccc3n12. The topological polar surface area (TPSA) is 75.7 Å². The molecule has 9 heteroatoms. The Kier molecular flexibility index (Phi) is 7.05. The van der Waals surface area contributed by atoms with Crippen molar-refractivity contribution in [3.8, 4) is 0 Å². The van der Waals surface area contributed by atoms with Crippen LogP contribution in [0.3, 0.4) is 0 Å². The quantitative estimate of drug-likeness (QED) is 0.474. The highest BCUT2D eigenvalue weighted by Crippen LogP contribution is 2.29. The molecule has 0 saturated carbocycles. The van der Waals surface area contributed by atoms with Crippen LogP contribution in [0.25, 0.3) is 16.8 Å². The fourth-order valence-electron chi connectivity index (χ4n) is 5.98. The van der Waals surface area contributed by atoms with Crippen LogP contribution in [0.15, 0.2) is 29.4 Å². The summed E-state index contributed by atoms with van der Waals surface area (Å²) in [5.74, 6) is 1.29. The van der Waals surface area contributed by atoms with E-state index < -0.39 is 0 Å². The van der Waals surface area contributed by atoms with Crippen molar-refractivity contribution in [3.63, 3.8) is 0 Å². The fourth-order valence-corrected chi connectivity index (χ4v) is 6.80. The largest absolute Gasteiger partial charge is 0.339 e. The Balaban J connectivity index is 1.41. The minimum absolute atomic E-state index is 0.121. The van der Waals surface area contributed by atoms with Gasteiger partial charge in [-0.1, -0.05) is 30.8 Å². The summed E-state index contributed by atoms with van der Waals surface area (Å²) < 4.78 is 3.97. The van der Waals surface area contributed by atoms with Gasteiger partial charge in [-0.15, -0.1) is 10.2 Å². The number of imidazole rings is 1. The first-order valence-electron chi connectivity index (χ1n) is 13.0. The van der Waals surface area contributed by atoms with Crippen LogP contribution in [0.1, 0.15) is 65.7 Å². The number of nitrogens with zero attached hydrogens (tertiary/aromatic N) is 6. The number of likely N-dealkylation sites (tertiary alicyclic amines) is 2. The summed E-state index contributed by atoms with van der Waals surface area (Å²) in [4.78, 5) is 30.6. The van der Waals surface area contributed by atoms with Crippen molar-refractivity contribution in [2.45, 2.75) is 95.5 Å². The maximum atomic E-state index is 13.4. The summed E-state index contributed by atoms with van der Waals surface area (Å²) in [5.41, 5.74) is 1.91. The Hall–Kier alpha value is -2.55. The summed E-state index contributed by atoms with van der Waals surface area (Å²) in [7, 11) is 0. The molecule has 0 unspecified atom stereocenters. The van der Waals surface area contributed by atoms with E-state index in [0.29, 0.717) is 22.7 Å². The number of hydrogen-bond acceptors (Lipinski definition) is 5. The van der Waals surface area contributed by atoms with Gasteiger partial charge in [-0.2, -0.15) is 0 Å². The Bertz CT molecular complexity index is 1210. The number of piperidine rings is 2. The smallest absolute Gasteiger partial charge is 0.243 e. The number of amides is 2. The van der Waals surface area contributed by atoms with Crippen molar-refractivity contribution in [1.29, 1.82) is 0 Å². The molecule has 35 heavy (non-hydrogen) atoms. The number of para-hydroxylation sites is 2. The van der Waals surface area contributed by atoms with E-state index in [-0.39, 0.29) is 30.4 Å². The molecule has 3 atom stereocenters. The fraction of sp³-hybridized carbons (Fsp3) is 0.615. The lowest BCUT2D eigenvalue weighted by molar-refractivity contribution is -0.137. The standard InChI is InChI=1S/C26H36N6O2S/c1-4-20-12-7-8-15-29(20)24(34)17-35-26-28-27-25-30(21-13-5-6-14-22(21)32(25)26)16-23(33)31-18(2)10-9-11-19(31)3/h5-6,13-14,18-20H,4,7-12,15-17H2,1-3H3/t18-,19-,20+/m0/s1. The van der Waals surface area contributed by atoms with Crippen molar-refractivity contribution in [1.82, 2.24) is 29.0 Å². The second kappa shape index (κ2) is 10.2. The van der Waals surface area contributed by atoms with E-state index in [2.05, 4.69) is 35.9 Å². The lowest BCUT2D eigenvalue weighted by Crippen LogP contribution is -2.48. The molecule has 2 amide bonds. The van der Waals surface area contributed by atoms with Crippen LogP contribution in [0, 0.1) is 0 Å². The highest BCUT2D eigenvalue weighted by Gasteiger charge is 2.30. The van der Waals surface area contributed by atoms with E-state index in [1.54, 1.807) is 0 Å². The minimum Gasteiger partial charge on any atom is -0.339 e. The molecule has 3 aromatic rings. The average Bonchev–Trinajstić information content (AvgIpc) is 3.41. The number of carbonyl (C=O) groups excluding carboxylic acids is 2. The van der Waals surface area contributed by atoms with Gasteiger partial charge in [0.2, 0.25) is 17.6 Å². The van der Waals surface area contributed by atoms with Gasteiger partial charge in [-0.25, -0.2) is 0 Å². The van der Waals surface area contributed by atoms with Gasteiger partial charge in [0, 0.05) is 24.7 Å². The Morgan fingerprint density at radius 2 is 1.71 bits per heavy atom. The van der Waals surface area contributed by atoms with E-state index in [1.165, 1.54) is 24.6 Å². The molecule has 2 fully saturated rings. The molecule has 4 heterocycles. The first-order chi connectivity index (χ1) is 17.0. The molecule has 0 radical (unpaired) electrons. The Labute approximate surface area is 211 Å². The van der Waals surface area contributed by atoms with Crippen LogP contribution in [0.5, 0.6) is 0 Å². The van der Waals surface area contributed by atoms with E-state index in [9.17, 15) is 9.59 Å². The van der Waals surface area contributed by atoms with Crippen LogP contribution >= 0.6 is 11.8 Å². The van der Waals surface area contributed by atoms with Crippen molar-refractivity contribution < 1.29 is 9.59 Å². The monoisotopic (exact) mass is 496 g/mol. The first-order valence-corrected chi connectivity index (χ1v) is 14.0. The third-order valence-electron chi connectivity index (χ3n) is 7.79. The van der Waals surface area contributed by atoms with Gasteiger partial charge in [-0.05, 0) is 70.9 Å². The maximum absolute atomic E-state index is 13.4. The van der Waals surface area contributed by atoms with Gasteiger partial charge in [-0.3, -0.25) is 18.6 Å². The highest BCUT2D eigenvalue weighted by molar-refractivity contribution is 7.99. The van der Waals surface area contributed by atoms with E-state index in [4.69, 9.17) is 0 Å². The van der Waals surface area contributed by atoms with Crippen LogP contribution < -0.4 is 0 Å². The molecule has 0 spiro atoms. The molecule has 2 aliphatic rings. The number of fused-ring (bicyclic) bond motifs is 3. The molecular weight excluding hydrogens is 460 g/mol. The van der Waals surface area contributed by atoms with Gasteiger partial charge in [0.15, 0.2) is 5.16 Å². The molecule has 5 rings (SSSR count). The first kappa shape index (κ1) is 24.2. The summed E-state index contributed by atoms with van der Waals surface area (Å²) in [5, 5.41) is 9.60. The third-order valence-corrected chi connectivity index (χ3v) is 8.70. The van der Waals surface area contributed by atoms with Crippen LogP contribution in [0.2, 0.25) is 0 Å². The van der Waals surface area contributed by atoms with Gasteiger partial charge < -0.3 is 9.80 Å². The van der Waals surface area contributed by atoms with E-state index in [1.807, 2.05) is 38.1 Å². The van der Waals surface area contributed by atoms with E-state index in [0.717, 1.165) is 49.7 Å². The second-order valence-electron chi connectivity index (χ2n) is 10.1. The number of aromatic nitrogens is 4. The number of rotatable bonds is 6. The Morgan fingerprint density at radius 3 is 2.46 bits per heavy atom. The summed E-state index contributed by atoms with van der Waals surface area (Å²) >= 11 is 1.44. The molecule has 2 saturated heterocycles. The van der Waals surface area contributed by atoms with Crippen LogP contribution in [-0.2, 0) is 16.1 Å². The van der Waals surface area contributed by atoms with Gasteiger partial charge in [0.1, 0.15) is 6.54 Å². The van der Waals surface area contributed by atoms with Gasteiger partial charge >= 0.3 is 0 Å². The third kappa shape index (κ3) is 4.55. The molecular formula is C26H36N6O2S. The predicted octanol–water partition coefficient (Wildman–Crippen LogP) is 4.36. The second-order valence-corrected chi connectivity index (χ2v) is 11.0. The molecule has 0 aliphatic carbocycles. The minimum atomic E-state index is 0.121. The molecule has 1 aromatic carbocycles. The maximum Gasteiger partial charge on any atom is 0.243 e. The number of carbonyl (C=O) groups is 2. The Morgan fingerprint density at radius 1 is 0.971 bits per heavy atom. The molecule has 2 aromatic heterocycles. The predicted molar refractivity (Wildman–Crippen MR) is 138 cm³/mol.